The zero-order valence-electron chi connectivity index (χ0n) is 10.6. The molecule has 1 aromatic carbocycles. The van der Waals surface area contributed by atoms with Crippen LogP contribution < -0.4 is 0 Å². The van der Waals surface area contributed by atoms with Gasteiger partial charge in [-0.3, -0.25) is 14.9 Å². The second-order valence-corrected chi connectivity index (χ2v) is 3.58. The van der Waals surface area contributed by atoms with Gasteiger partial charge in [-0.1, -0.05) is 11.8 Å². The molecule has 0 aromatic heterocycles. The second kappa shape index (κ2) is 6.89. The van der Waals surface area contributed by atoms with Crippen LogP contribution in [-0.2, 0) is 9.53 Å². The van der Waals surface area contributed by atoms with Crippen LogP contribution in [0.1, 0.15) is 29.3 Å². The van der Waals surface area contributed by atoms with Crippen molar-refractivity contribution in [2.24, 2.45) is 0 Å². The fourth-order valence-corrected chi connectivity index (χ4v) is 1.36. The van der Waals surface area contributed by atoms with Crippen molar-refractivity contribution < 1.29 is 24.4 Å². The minimum atomic E-state index is -1.32. The number of carboxylic acids is 1. The van der Waals surface area contributed by atoms with E-state index in [0.717, 1.165) is 12.1 Å². The summed E-state index contributed by atoms with van der Waals surface area (Å²) in [6.45, 7) is 1.89. The normalized spacial score (nSPS) is 9.25. The van der Waals surface area contributed by atoms with Gasteiger partial charge in [-0.25, -0.2) is 4.79 Å². The van der Waals surface area contributed by atoms with Crippen molar-refractivity contribution in [1.82, 2.24) is 0 Å². The van der Waals surface area contributed by atoms with E-state index >= 15 is 0 Å². The number of non-ortho nitro benzene ring substituents is 1. The number of hydrogen-bond donors (Lipinski definition) is 1. The number of hydrogen-bond acceptors (Lipinski definition) is 5. The van der Waals surface area contributed by atoms with Gasteiger partial charge >= 0.3 is 11.9 Å². The Morgan fingerprint density at radius 3 is 2.70 bits per heavy atom. The van der Waals surface area contributed by atoms with Crippen LogP contribution in [0.5, 0.6) is 0 Å². The number of carbonyl (C=O) groups excluding carboxylic acids is 1. The number of ether oxygens (including phenoxy) is 1. The summed E-state index contributed by atoms with van der Waals surface area (Å²) in [4.78, 5) is 32.0. The fourth-order valence-electron chi connectivity index (χ4n) is 1.36. The quantitative estimate of drug-likeness (QED) is 0.387. The highest BCUT2D eigenvalue weighted by Gasteiger charge is 2.14. The number of aromatic carboxylic acids is 1. The predicted octanol–water partition coefficient (Wildman–Crippen LogP) is 1.60. The van der Waals surface area contributed by atoms with Crippen LogP contribution in [0.4, 0.5) is 5.69 Å². The summed E-state index contributed by atoms with van der Waals surface area (Å²) in [5.74, 6) is 3.13. The van der Waals surface area contributed by atoms with Crippen LogP contribution in [0.2, 0.25) is 0 Å². The van der Waals surface area contributed by atoms with Gasteiger partial charge in [0.1, 0.15) is 6.42 Å². The van der Waals surface area contributed by atoms with Gasteiger partial charge in [-0.2, -0.15) is 0 Å². The number of nitro groups is 1. The van der Waals surface area contributed by atoms with E-state index in [2.05, 4.69) is 16.6 Å². The number of carbonyl (C=O) groups is 2. The zero-order valence-corrected chi connectivity index (χ0v) is 10.6. The molecule has 0 heterocycles. The van der Waals surface area contributed by atoms with Gasteiger partial charge in [0.05, 0.1) is 17.1 Å². The lowest BCUT2D eigenvalue weighted by Gasteiger charge is -1.99. The zero-order chi connectivity index (χ0) is 15.1. The van der Waals surface area contributed by atoms with Gasteiger partial charge in [-0.15, -0.1) is 0 Å². The van der Waals surface area contributed by atoms with Gasteiger partial charge in [0.15, 0.2) is 0 Å². The average Bonchev–Trinajstić information content (AvgIpc) is 2.38. The molecular weight excluding hydrogens is 266 g/mol. The number of rotatable bonds is 4. The molecule has 7 nitrogen and oxygen atoms in total. The molecule has 0 aliphatic rings. The first-order chi connectivity index (χ1) is 9.45. The van der Waals surface area contributed by atoms with Crippen molar-refractivity contribution in [2.75, 3.05) is 6.61 Å². The van der Waals surface area contributed by atoms with Gasteiger partial charge in [0.2, 0.25) is 0 Å². The maximum atomic E-state index is 11.1. The third-order valence-corrected chi connectivity index (χ3v) is 2.21. The number of benzene rings is 1. The second-order valence-electron chi connectivity index (χ2n) is 3.58. The van der Waals surface area contributed by atoms with Crippen LogP contribution in [-0.4, -0.2) is 28.6 Å². The Morgan fingerprint density at radius 1 is 1.45 bits per heavy atom. The van der Waals surface area contributed by atoms with E-state index in [1.54, 1.807) is 6.92 Å². The molecule has 0 aliphatic carbocycles. The molecule has 1 N–H and O–H groups in total. The lowest BCUT2D eigenvalue weighted by molar-refractivity contribution is -0.384. The molecular formula is C13H11NO6. The van der Waals surface area contributed by atoms with Crippen LogP contribution >= 0.6 is 0 Å². The summed E-state index contributed by atoms with van der Waals surface area (Å²) in [6.07, 6.45) is -0.177. The molecule has 0 radical (unpaired) electrons. The summed E-state index contributed by atoms with van der Waals surface area (Å²) in [5.41, 5.74) is -0.513. The Hall–Kier alpha value is -2.88. The maximum absolute atomic E-state index is 11.1. The van der Waals surface area contributed by atoms with Crippen LogP contribution in [0.15, 0.2) is 18.2 Å². The van der Waals surface area contributed by atoms with E-state index in [-0.39, 0.29) is 29.8 Å². The van der Waals surface area contributed by atoms with Crippen LogP contribution in [0.3, 0.4) is 0 Å². The number of esters is 1. The monoisotopic (exact) mass is 277 g/mol. The Balaban J connectivity index is 3.01. The predicted molar refractivity (Wildman–Crippen MR) is 68.2 cm³/mol. The van der Waals surface area contributed by atoms with Gasteiger partial charge < -0.3 is 9.84 Å². The average molecular weight is 277 g/mol. The van der Waals surface area contributed by atoms with Crippen LogP contribution in [0, 0.1) is 22.0 Å². The summed E-state index contributed by atoms with van der Waals surface area (Å²) in [5, 5.41) is 19.6. The van der Waals surface area contributed by atoms with Crippen LogP contribution in [0.25, 0.3) is 0 Å². The number of nitro benzene ring substituents is 1. The smallest absolute Gasteiger partial charge is 0.337 e. The molecule has 1 aromatic rings. The van der Waals surface area contributed by atoms with Gasteiger partial charge in [-0.05, 0) is 13.0 Å². The lowest BCUT2D eigenvalue weighted by atomic mass is 10.1. The molecule has 0 atom stereocenters. The molecule has 0 unspecified atom stereocenters. The molecule has 0 bridgehead atoms. The third kappa shape index (κ3) is 4.10. The summed E-state index contributed by atoms with van der Waals surface area (Å²) >= 11 is 0. The molecule has 0 saturated heterocycles. The van der Waals surface area contributed by atoms with E-state index < -0.39 is 16.9 Å². The highest BCUT2D eigenvalue weighted by molar-refractivity contribution is 5.91. The minimum absolute atomic E-state index is 0.104. The summed E-state index contributed by atoms with van der Waals surface area (Å²) < 4.78 is 4.66. The Bertz CT molecular complexity index is 611. The molecule has 104 valence electrons. The maximum Gasteiger partial charge on any atom is 0.337 e. The highest BCUT2D eigenvalue weighted by atomic mass is 16.6. The minimum Gasteiger partial charge on any atom is -0.478 e. The molecule has 20 heavy (non-hydrogen) atoms. The number of carboxylic acid groups (broad SMARTS) is 1. The summed E-state index contributed by atoms with van der Waals surface area (Å²) in [6, 6.07) is 3.32. The highest BCUT2D eigenvalue weighted by Crippen LogP contribution is 2.17. The molecule has 1 rings (SSSR count). The summed E-state index contributed by atoms with van der Waals surface area (Å²) in [7, 11) is 0. The first-order valence-corrected chi connectivity index (χ1v) is 5.62. The van der Waals surface area contributed by atoms with E-state index in [0.29, 0.717) is 0 Å². The molecule has 0 fully saturated rings. The Labute approximate surface area is 114 Å². The lowest BCUT2D eigenvalue weighted by Crippen LogP contribution is -2.03. The largest absolute Gasteiger partial charge is 0.478 e. The van der Waals surface area contributed by atoms with Gasteiger partial charge in [0, 0.05) is 17.7 Å². The van der Waals surface area contributed by atoms with Crippen molar-refractivity contribution in [3.63, 3.8) is 0 Å². The standard InChI is InChI=1S/C13H11NO6/c1-2-20-12(15)5-3-4-9-6-7-10(14(18)19)8-11(9)13(16)17/h6-8H,2,5H2,1H3,(H,16,17). The van der Waals surface area contributed by atoms with E-state index in [1.165, 1.54) is 6.07 Å². The molecule has 0 spiro atoms. The number of nitrogens with zero attached hydrogens (tertiary/aromatic N) is 1. The Kier molecular flexibility index (Phi) is 5.23. The third-order valence-electron chi connectivity index (χ3n) is 2.21. The van der Waals surface area contributed by atoms with Crippen molar-refractivity contribution in [3.05, 3.63) is 39.4 Å². The SMILES string of the molecule is CCOC(=O)CC#Cc1ccc([N+](=O)[O-])cc1C(=O)O. The van der Waals surface area contributed by atoms with E-state index in [9.17, 15) is 19.7 Å². The van der Waals surface area contributed by atoms with Crippen molar-refractivity contribution in [2.45, 2.75) is 13.3 Å². The van der Waals surface area contributed by atoms with E-state index in [4.69, 9.17) is 5.11 Å². The van der Waals surface area contributed by atoms with Gasteiger partial charge in [0.25, 0.3) is 5.69 Å². The van der Waals surface area contributed by atoms with Crippen molar-refractivity contribution in [1.29, 1.82) is 0 Å². The fraction of sp³-hybridized carbons (Fsp3) is 0.231. The van der Waals surface area contributed by atoms with Crippen molar-refractivity contribution >= 4 is 17.6 Å². The first kappa shape index (κ1) is 15.2. The molecule has 0 amide bonds. The van der Waals surface area contributed by atoms with E-state index in [1.807, 2.05) is 0 Å². The molecule has 0 saturated carbocycles. The van der Waals surface area contributed by atoms with Crippen molar-refractivity contribution in [3.8, 4) is 11.8 Å². The molecule has 7 heteroatoms. The topological polar surface area (TPSA) is 107 Å². The Morgan fingerprint density at radius 2 is 2.15 bits per heavy atom. The first-order valence-electron chi connectivity index (χ1n) is 5.62. The molecule has 0 aliphatic heterocycles.